The van der Waals surface area contributed by atoms with E-state index in [-0.39, 0.29) is 0 Å². The molecule has 5 aromatic carbocycles. The lowest BCUT2D eigenvalue weighted by Gasteiger charge is -2.08. The number of aromatic nitrogens is 1. The zero-order valence-corrected chi connectivity index (χ0v) is 24.7. The number of nitrogens with one attached hydrogen (secondary N) is 1. The van der Waals surface area contributed by atoms with Gasteiger partial charge in [0.2, 0.25) is 0 Å². The van der Waals surface area contributed by atoms with Crippen LogP contribution in [0.15, 0.2) is 175 Å². The lowest BCUT2D eigenvalue weighted by atomic mass is 10.0. The van der Waals surface area contributed by atoms with Crippen LogP contribution in [0.2, 0.25) is 0 Å². The third-order valence-corrected chi connectivity index (χ3v) is 8.39. The second kappa shape index (κ2) is 11.2. The van der Waals surface area contributed by atoms with E-state index in [1.807, 2.05) is 36.4 Å². The van der Waals surface area contributed by atoms with Gasteiger partial charge in [-0.1, -0.05) is 104 Å². The summed E-state index contributed by atoms with van der Waals surface area (Å²) in [6.45, 7) is 4.02. The summed E-state index contributed by atoms with van der Waals surface area (Å²) in [6.07, 6.45) is 10.2. The zero-order chi connectivity index (χ0) is 30.2. The molecule has 0 atom stereocenters. The highest BCUT2D eigenvalue weighted by Crippen LogP contribution is 2.31. The molecule has 3 aromatic heterocycles. The minimum Gasteiger partial charge on any atom is -0.456 e. The second-order valence-corrected chi connectivity index (χ2v) is 11.2. The van der Waals surface area contributed by atoms with Gasteiger partial charge in [-0.05, 0) is 82.8 Å². The van der Waals surface area contributed by atoms with E-state index in [1.54, 1.807) is 0 Å². The molecule has 0 aliphatic rings. The molecule has 0 saturated heterocycles. The van der Waals surface area contributed by atoms with Crippen molar-refractivity contribution in [3.8, 4) is 11.1 Å². The maximum absolute atomic E-state index is 6.05. The van der Waals surface area contributed by atoms with Gasteiger partial charge in [0.1, 0.15) is 11.2 Å². The molecular weight excluding hydrogens is 548 g/mol. The van der Waals surface area contributed by atoms with Gasteiger partial charge < -0.3 is 14.1 Å². The van der Waals surface area contributed by atoms with Gasteiger partial charge in [0.25, 0.3) is 0 Å². The zero-order valence-electron chi connectivity index (χ0n) is 24.7. The Morgan fingerprint density at radius 1 is 0.622 bits per heavy atom. The summed E-state index contributed by atoms with van der Waals surface area (Å²) in [5, 5.41) is 9.39. The lowest BCUT2D eigenvalue weighted by molar-refractivity contribution is 0.669. The van der Waals surface area contributed by atoms with Crippen LogP contribution >= 0.6 is 0 Å². The first-order valence-corrected chi connectivity index (χ1v) is 15.1. The van der Waals surface area contributed by atoms with E-state index in [0.29, 0.717) is 0 Å². The molecule has 0 aliphatic carbocycles. The fourth-order valence-electron chi connectivity index (χ4n) is 6.13. The first-order chi connectivity index (χ1) is 22.2. The van der Waals surface area contributed by atoms with Gasteiger partial charge in [0.05, 0.1) is 11.0 Å². The van der Waals surface area contributed by atoms with E-state index in [0.717, 1.165) is 50.0 Å². The number of fused-ring (bicyclic) bond motifs is 10. The van der Waals surface area contributed by atoms with Crippen molar-refractivity contribution in [3.63, 3.8) is 0 Å². The predicted molar refractivity (Wildman–Crippen MR) is 191 cm³/mol. The fourth-order valence-corrected chi connectivity index (χ4v) is 6.13. The van der Waals surface area contributed by atoms with E-state index in [2.05, 4.69) is 144 Å². The Morgan fingerprint density at radius 2 is 1.36 bits per heavy atom. The van der Waals surface area contributed by atoms with Gasteiger partial charge in [0.15, 0.2) is 0 Å². The summed E-state index contributed by atoms with van der Waals surface area (Å²) in [5.41, 5.74) is 9.48. The number of benzene rings is 5. The van der Waals surface area contributed by atoms with Crippen molar-refractivity contribution >= 4 is 60.9 Å². The minimum atomic E-state index is 0.893. The number of furan rings is 1. The van der Waals surface area contributed by atoms with Gasteiger partial charge in [-0.15, -0.1) is 0 Å². The molecule has 8 rings (SSSR count). The molecular formula is C42H30N2O. The topological polar surface area (TPSA) is 29.6 Å². The first kappa shape index (κ1) is 26.6. The summed E-state index contributed by atoms with van der Waals surface area (Å²) >= 11 is 0. The monoisotopic (exact) mass is 578 g/mol. The molecule has 214 valence electrons. The number of allylic oxidation sites excluding steroid dienone is 3. The molecule has 1 N–H and O–H groups in total. The molecule has 0 spiro atoms. The van der Waals surface area contributed by atoms with Gasteiger partial charge >= 0.3 is 0 Å². The van der Waals surface area contributed by atoms with Crippen LogP contribution in [0.25, 0.3) is 66.3 Å². The van der Waals surface area contributed by atoms with E-state index in [4.69, 9.17) is 4.42 Å². The van der Waals surface area contributed by atoms with Crippen LogP contribution in [0.4, 0.5) is 5.69 Å². The standard InChI is InChI=1S/C42H30N2O/c1-2-34(12-9-10-29-18-25-38-37-14-5-8-17-41(37)45-42(38)26-29)43-35-23-21-30(22-24-35)32-20-19-31-11-3-6-15-39(31)44-28-33(27-32)36-13-4-7-16-40(36)44/h2-28,43H,1H2/b10-9+,20-19?,32-27?,34-12+. The summed E-state index contributed by atoms with van der Waals surface area (Å²) in [7, 11) is 0. The van der Waals surface area contributed by atoms with Crippen LogP contribution in [0.3, 0.4) is 0 Å². The Balaban J connectivity index is 1.07. The number of para-hydroxylation sites is 3. The molecule has 45 heavy (non-hydrogen) atoms. The average molecular weight is 579 g/mol. The van der Waals surface area contributed by atoms with E-state index < -0.39 is 0 Å². The number of nitrogens with zero attached hydrogens (tertiary/aromatic N) is 1. The van der Waals surface area contributed by atoms with Crippen LogP contribution in [-0.4, -0.2) is 4.40 Å². The highest BCUT2D eigenvalue weighted by atomic mass is 16.3. The molecule has 0 amide bonds. The molecule has 3 heterocycles. The van der Waals surface area contributed by atoms with Crippen molar-refractivity contribution in [3.05, 3.63) is 176 Å². The largest absolute Gasteiger partial charge is 0.456 e. The van der Waals surface area contributed by atoms with Crippen molar-refractivity contribution in [1.29, 1.82) is 0 Å². The van der Waals surface area contributed by atoms with Crippen LogP contribution in [-0.2, 0) is 0 Å². The van der Waals surface area contributed by atoms with Gasteiger partial charge in [-0.3, -0.25) is 0 Å². The smallest absolute Gasteiger partial charge is 0.136 e. The van der Waals surface area contributed by atoms with Crippen molar-refractivity contribution in [2.24, 2.45) is 0 Å². The van der Waals surface area contributed by atoms with Crippen molar-refractivity contribution in [1.82, 2.24) is 4.40 Å². The quantitative estimate of drug-likeness (QED) is 0.199. The number of anilines is 1. The molecule has 3 heteroatoms. The fraction of sp³-hybridized carbons (Fsp3) is 0. The van der Waals surface area contributed by atoms with E-state index in [1.165, 1.54) is 27.2 Å². The van der Waals surface area contributed by atoms with Crippen molar-refractivity contribution < 1.29 is 4.42 Å². The van der Waals surface area contributed by atoms with Crippen molar-refractivity contribution in [2.75, 3.05) is 5.32 Å². The summed E-state index contributed by atoms with van der Waals surface area (Å²) < 4.78 is 8.34. The predicted octanol–water partition coefficient (Wildman–Crippen LogP) is 11.6. The highest BCUT2D eigenvalue weighted by molar-refractivity contribution is 6.05. The normalized spacial score (nSPS) is 12.1. The Bertz CT molecular complexity index is 2470. The minimum absolute atomic E-state index is 0.893. The molecule has 2 bridgehead atoms. The first-order valence-electron chi connectivity index (χ1n) is 15.1. The van der Waals surface area contributed by atoms with Crippen molar-refractivity contribution in [2.45, 2.75) is 0 Å². The number of hydrogen-bond acceptors (Lipinski definition) is 2. The third kappa shape index (κ3) is 5.01. The third-order valence-electron chi connectivity index (χ3n) is 8.39. The second-order valence-electron chi connectivity index (χ2n) is 11.2. The van der Waals surface area contributed by atoms with Gasteiger partial charge in [0, 0.05) is 39.1 Å². The van der Waals surface area contributed by atoms with E-state index >= 15 is 0 Å². The van der Waals surface area contributed by atoms with Crippen LogP contribution in [0.5, 0.6) is 0 Å². The van der Waals surface area contributed by atoms with Crippen LogP contribution < -0.4 is 5.32 Å². The lowest BCUT2D eigenvalue weighted by Crippen LogP contribution is -1.95. The highest BCUT2D eigenvalue weighted by Gasteiger charge is 2.07. The molecule has 0 fully saturated rings. The van der Waals surface area contributed by atoms with Gasteiger partial charge in [-0.2, -0.15) is 0 Å². The SMILES string of the molecule is C=C/C(=C\C=C\c1ccc2c(c1)oc1ccccc12)Nc1ccc(-c2ccc3ccccc3n3cc(c2)c2ccccc23)cc1. The molecule has 0 saturated carbocycles. The van der Waals surface area contributed by atoms with E-state index in [9.17, 15) is 0 Å². The maximum atomic E-state index is 6.05. The summed E-state index contributed by atoms with van der Waals surface area (Å²) in [5.74, 6) is 0. The number of hydrogen-bond donors (Lipinski definition) is 1. The average Bonchev–Trinajstić information content (AvgIpc) is 3.66. The Morgan fingerprint density at radius 3 is 2.22 bits per heavy atom. The molecule has 8 aromatic rings. The van der Waals surface area contributed by atoms with Crippen LogP contribution in [0, 0.1) is 0 Å². The maximum Gasteiger partial charge on any atom is 0.136 e. The number of rotatable bonds is 6. The molecule has 3 nitrogen and oxygen atoms in total. The molecule has 0 unspecified atom stereocenters. The Kier molecular flexibility index (Phi) is 6.62. The Hall–Kier alpha value is -6.06. The summed E-state index contributed by atoms with van der Waals surface area (Å²) in [6, 6.07) is 46.9. The van der Waals surface area contributed by atoms with Gasteiger partial charge in [-0.25, -0.2) is 0 Å². The summed E-state index contributed by atoms with van der Waals surface area (Å²) in [4.78, 5) is 0. The molecule has 0 radical (unpaired) electrons. The van der Waals surface area contributed by atoms with Crippen LogP contribution in [0.1, 0.15) is 5.56 Å². The Labute approximate surface area is 261 Å². The molecule has 0 aliphatic heterocycles.